The van der Waals surface area contributed by atoms with Crippen molar-refractivity contribution >= 4 is 46.6 Å². The number of aromatic nitrogens is 1. The van der Waals surface area contributed by atoms with Gasteiger partial charge in [0.15, 0.2) is 0 Å². The first-order valence-corrected chi connectivity index (χ1v) is 13.8. The number of piperidine rings is 1. The fraction of sp³-hybridized carbons (Fsp3) is 0.345. The van der Waals surface area contributed by atoms with Crippen molar-refractivity contribution in [3.05, 3.63) is 98.7 Å². The lowest BCUT2D eigenvalue weighted by Crippen LogP contribution is -2.57. The Bertz CT molecular complexity index is 1310. The number of rotatable bonds is 6. The summed E-state index contributed by atoms with van der Waals surface area (Å²) in [6, 6.07) is 18.1. The summed E-state index contributed by atoms with van der Waals surface area (Å²) in [5.41, 5.74) is 1.53. The molecule has 1 aromatic heterocycles. The van der Waals surface area contributed by atoms with Gasteiger partial charge in [0.25, 0.3) is 11.8 Å². The van der Waals surface area contributed by atoms with Crippen LogP contribution in [0.4, 0.5) is 0 Å². The van der Waals surface area contributed by atoms with Crippen LogP contribution in [0.15, 0.2) is 66.9 Å². The van der Waals surface area contributed by atoms with E-state index >= 15 is 0 Å². The number of carbonyl (C=O) groups excluding carboxylic acids is 2. The molecule has 0 radical (unpaired) electrons. The van der Waals surface area contributed by atoms with E-state index in [0.717, 1.165) is 18.4 Å². The number of ether oxygens (including phenoxy) is 1. The Labute approximate surface area is 237 Å². The molecule has 0 bridgehead atoms. The van der Waals surface area contributed by atoms with Crippen LogP contribution < -0.4 is 0 Å². The molecule has 2 aliphatic heterocycles. The summed E-state index contributed by atoms with van der Waals surface area (Å²) in [6.45, 7) is 1.97. The molecule has 2 amide bonds. The maximum absolute atomic E-state index is 13.9. The summed E-state index contributed by atoms with van der Waals surface area (Å²) in [4.78, 5) is 35.2. The van der Waals surface area contributed by atoms with Crippen molar-refractivity contribution in [1.29, 1.82) is 0 Å². The summed E-state index contributed by atoms with van der Waals surface area (Å²) in [5, 5.41) is 1.23. The van der Waals surface area contributed by atoms with Crippen LogP contribution in [-0.2, 0) is 11.3 Å². The highest BCUT2D eigenvalue weighted by Gasteiger charge is 2.51. The number of hydrogen-bond donors (Lipinski definition) is 0. The lowest BCUT2D eigenvalue weighted by Gasteiger charge is -2.46. The van der Waals surface area contributed by atoms with Crippen molar-refractivity contribution in [2.24, 2.45) is 0 Å². The van der Waals surface area contributed by atoms with Gasteiger partial charge in [-0.1, -0.05) is 65.1 Å². The molecular formula is C29H28Cl3N3O3. The SMILES string of the molecule is O=C(c1ccc(Cl)c(Cl)c1)N1CCC2(CCC(COCc3ccccc3)N2C(=O)c2cc(Cl)ccn2)CC1. The molecular weight excluding hydrogens is 545 g/mol. The minimum absolute atomic E-state index is 0.0893. The van der Waals surface area contributed by atoms with Gasteiger partial charge in [-0.2, -0.15) is 0 Å². The molecule has 2 aliphatic rings. The molecule has 0 saturated carbocycles. The number of amides is 2. The Kier molecular flexibility index (Phi) is 8.24. The first-order chi connectivity index (χ1) is 18.4. The van der Waals surface area contributed by atoms with E-state index in [2.05, 4.69) is 4.98 Å². The summed E-state index contributed by atoms with van der Waals surface area (Å²) in [7, 11) is 0. The van der Waals surface area contributed by atoms with Gasteiger partial charge >= 0.3 is 0 Å². The smallest absolute Gasteiger partial charge is 0.273 e. The molecule has 5 rings (SSSR count). The van der Waals surface area contributed by atoms with Crippen molar-refractivity contribution in [2.45, 2.75) is 43.9 Å². The number of benzene rings is 2. The van der Waals surface area contributed by atoms with Gasteiger partial charge in [-0.15, -0.1) is 0 Å². The third kappa shape index (κ3) is 5.69. The molecule has 6 nitrogen and oxygen atoms in total. The molecule has 3 heterocycles. The Hall–Kier alpha value is -2.64. The number of nitrogens with zero attached hydrogens (tertiary/aromatic N) is 3. The van der Waals surface area contributed by atoms with Gasteiger partial charge in [-0.3, -0.25) is 14.6 Å². The number of halogens is 3. The van der Waals surface area contributed by atoms with E-state index in [1.807, 2.05) is 40.1 Å². The average molecular weight is 573 g/mol. The predicted molar refractivity (Wildman–Crippen MR) is 149 cm³/mol. The minimum Gasteiger partial charge on any atom is -0.375 e. The Morgan fingerprint density at radius 1 is 0.921 bits per heavy atom. The summed E-state index contributed by atoms with van der Waals surface area (Å²) >= 11 is 18.4. The van der Waals surface area contributed by atoms with Gasteiger partial charge < -0.3 is 14.5 Å². The molecule has 2 fully saturated rings. The van der Waals surface area contributed by atoms with E-state index in [4.69, 9.17) is 39.5 Å². The predicted octanol–water partition coefficient (Wildman–Crippen LogP) is 6.54. The molecule has 9 heteroatoms. The summed E-state index contributed by atoms with van der Waals surface area (Å²) in [6.07, 6.45) is 4.55. The molecule has 2 saturated heterocycles. The van der Waals surface area contributed by atoms with Crippen molar-refractivity contribution in [2.75, 3.05) is 19.7 Å². The number of pyridine rings is 1. The van der Waals surface area contributed by atoms with Crippen LogP contribution in [0.1, 0.15) is 52.1 Å². The fourth-order valence-corrected chi connectivity index (χ4v) is 6.03. The zero-order valence-electron chi connectivity index (χ0n) is 20.8. The second-order valence-electron chi connectivity index (χ2n) is 9.87. The fourth-order valence-electron chi connectivity index (χ4n) is 5.57. The maximum atomic E-state index is 13.9. The molecule has 0 aliphatic carbocycles. The highest BCUT2D eigenvalue weighted by molar-refractivity contribution is 6.42. The van der Waals surface area contributed by atoms with Crippen LogP contribution in [0.5, 0.6) is 0 Å². The molecule has 2 aromatic carbocycles. The van der Waals surface area contributed by atoms with Crippen LogP contribution in [0, 0.1) is 0 Å². The molecule has 1 unspecified atom stereocenters. The highest BCUT2D eigenvalue weighted by atomic mass is 35.5. The number of carbonyl (C=O) groups is 2. The lowest BCUT2D eigenvalue weighted by molar-refractivity contribution is 0.00467. The van der Waals surface area contributed by atoms with Crippen LogP contribution in [0.25, 0.3) is 0 Å². The quantitative estimate of drug-likeness (QED) is 0.337. The Morgan fingerprint density at radius 2 is 1.68 bits per heavy atom. The van der Waals surface area contributed by atoms with Gasteiger partial charge in [0.2, 0.25) is 0 Å². The van der Waals surface area contributed by atoms with Gasteiger partial charge in [0.05, 0.1) is 29.3 Å². The van der Waals surface area contributed by atoms with Crippen LogP contribution in [0.3, 0.4) is 0 Å². The first-order valence-electron chi connectivity index (χ1n) is 12.7. The third-order valence-corrected chi connectivity index (χ3v) is 8.52. The Balaban J connectivity index is 1.33. The summed E-state index contributed by atoms with van der Waals surface area (Å²) < 4.78 is 6.09. The highest BCUT2D eigenvalue weighted by Crippen LogP contribution is 2.43. The first kappa shape index (κ1) is 26.9. The Morgan fingerprint density at radius 3 is 2.39 bits per heavy atom. The summed E-state index contributed by atoms with van der Waals surface area (Å²) in [5.74, 6) is -0.240. The van der Waals surface area contributed by atoms with E-state index in [-0.39, 0.29) is 23.4 Å². The second-order valence-corrected chi connectivity index (χ2v) is 11.1. The monoisotopic (exact) mass is 571 g/mol. The number of hydrogen-bond acceptors (Lipinski definition) is 4. The zero-order chi connectivity index (χ0) is 26.7. The van der Waals surface area contributed by atoms with E-state index in [1.54, 1.807) is 36.5 Å². The van der Waals surface area contributed by atoms with Crippen molar-refractivity contribution in [3.8, 4) is 0 Å². The van der Waals surface area contributed by atoms with Crippen LogP contribution in [-0.4, -0.2) is 57.9 Å². The van der Waals surface area contributed by atoms with Gasteiger partial charge in [-0.05, 0) is 61.6 Å². The molecule has 3 aromatic rings. The average Bonchev–Trinajstić information content (AvgIpc) is 3.27. The standard InChI is InChI=1S/C29H28Cl3N3O3/c30-22-9-13-33-26(17-22)28(37)35-23(19-38-18-20-4-2-1-3-5-20)8-10-29(35)11-14-34(15-12-29)27(36)21-6-7-24(31)25(32)16-21/h1-7,9,13,16-17,23H,8,10-12,14-15,18-19H2. The van der Waals surface area contributed by atoms with E-state index in [9.17, 15) is 9.59 Å². The molecule has 0 N–H and O–H groups in total. The molecule has 1 atom stereocenters. The van der Waals surface area contributed by atoms with Gasteiger partial charge in [-0.25, -0.2) is 0 Å². The number of likely N-dealkylation sites (tertiary alicyclic amines) is 2. The third-order valence-electron chi connectivity index (χ3n) is 7.55. The van der Waals surface area contributed by atoms with E-state index in [1.165, 1.54) is 0 Å². The molecule has 1 spiro atoms. The zero-order valence-corrected chi connectivity index (χ0v) is 23.1. The van der Waals surface area contributed by atoms with Crippen LogP contribution in [0.2, 0.25) is 15.1 Å². The van der Waals surface area contributed by atoms with Crippen molar-refractivity contribution in [3.63, 3.8) is 0 Å². The molecule has 38 heavy (non-hydrogen) atoms. The molecule has 198 valence electrons. The topological polar surface area (TPSA) is 62.7 Å². The largest absolute Gasteiger partial charge is 0.375 e. The van der Waals surface area contributed by atoms with Gasteiger partial charge in [0.1, 0.15) is 5.69 Å². The lowest BCUT2D eigenvalue weighted by atomic mass is 9.84. The van der Waals surface area contributed by atoms with E-state index in [0.29, 0.717) is 65.5 Å². The van der Waals surface area contributed by atoms with Gasteiger partial charge in [0, 0.05) is 35.4 Å². The second kappa shape index (κ2) is 11.6. The minimum atomic E-state index is -0.379. The van der Waals surface area contributed by atoms with Crippen LogP contribution >= 0.6 is 34.8 Å². The maximum Gasteiger partial charge on any atom is 0.273 e. The van der Waals surface area contributed by atoms with Crippen molar-refractivity contribution in [1.82, 2.24) is 14.8 Å². The van der Waals surface area contributed by atoms with E-state index < -0.39 is 0 Å². The normalized spacial score (nSPS) is 18.7. The van der Waals surface area contributed by atoms with Crippen molar-refractivity contribution < 1.29 is 14.3 Å².